The minimum absolute atomic E-state index is 0.103. The second-order valence-electron chi connectivity index (χ2n) is 13.8. The second-order valence-corrected chi connectivity index (χ2v) is 13.8. The largest absolute Gasteiger partial charge is 0.456 e. The first-order valence-electron chi connectivity index (χ1n) is 23.3. The molecule has 12 aromatic rings. The van der Waals surface area contributed by atoms with Gasteiger partial charge in [0.1, 0.15) is 22.3 Å². The molecule has 5 nitrogen and oxygen atoms in total. The summed E-state index contributed by atoms with van der Waals surface area (Å²) in [5, 5.41) is 5.56. The molecule has 12 rings (SSSR count). The Balaban J connectivity index is 1.06. The molecular weight excluding hydrogens is 699 g/mol. The summed E-state index contributed by atoms with van der Waals surface area (Å²) in [6.07, 6.45) is 0. The van der Waals surface area contributed by atoms with Crippen LogP contribution in [0.2, 0.25) is 0 Å². The molecule has 8 aromatic carbocycles. The van der Waals surface area contributed by atoms with E-state index < -0.39 is 60.4 Å². The molecule has 0 amide bonds. The van der Waals surface area contributed by atoms with Gasteiger partial charge in [-0.1, -0.05) is 127 Å². The van der Waals surface area contributed by atoms with Crippen molar-refractivity contribution in [1.82, 2.24) is 14.5 Å². The highest BCUT2D eigenvalue weighted by atomic mass is 16.3. The van der Waals surface area contributed by atoms with Crippen LogP contribution in [0.1, 0.15) is 13.7 Å². The van der Waals surface area contributed by atoms with Crippen LogP contribution in [0.15, 0.2) is 197 Å². The van der Waals surface area contributed by atoms with Crippen LogP contribution in [0.25, 0.3) is 116 Å². The van der Waals surface area contributed by atoms with Gasteiger partial charge in [-0.3, -0.25) is 0 Å². The summed E-state index contributed by atoms with van der Waals surface area (Å²) in [6.45, 7) is 0. The third-order valence-electron chi connectivity index (χ3n) is 10.6. The van der Waals surface area contributed by atoms with Gasteiger partial charge in [0.05, 0.1) is 36.1 Å². The second kappa shape index (κ2) is 12.4. The summed E-state index contributed by atoms with van der Waals surface area (Å²) in [7, 11) is 0. The zero-order valence-corrected chi connectivity index (χ0v) is 29.8. The normalized spacial score (nSPS) is 14.3. The number of fused-ring (bicyclic) bond motifs is 9. The lowest BCUT2D eigenvalue weighted by atomic mass is 9.96. The van der Waals surface area contributed by atoms with E-state index in [2.05, 4.69) is 64.1 Å². The van der Waals surface area contributed by atoms with E-state index in [0.29, 0.717) is 33.1 Å². The Hall–Kier alpha value is -7.76. The predicted octanol–water partition coefficient (Wildman–Crippen LogP) is 14.0. The average Bonchev–Trinajstić information content (AvgIpc) is 4.03. The van der Waals surface area contributed by atoms with Crippen molar-refractivity contribution < 1.29 is 22.5 Å². The molecule has 4 aromatic heterocycles. The lowest BCUT2D eigenvalue weighted by molar-refractivity contribution is 0.668. The van der Waals surface area contributed by atoms with Gasteiger partial charge in [0.15, 0.2) is 5.82 Å². The first-order chi connectivity index (χ1) is 32.4. The minimum Gasteiger partial charge on any atom is -0.456 e. The molecule has 4 heterocycles. The first kappa shape index (κ1) is 23.2. The molecule has 0 aliphatic heterocycles. The summed E-state index contributed by atoms with van der Waals surface area (Å²) in [6, 6.07) is 36.0. The molecule has 0 unspecified atom stereocenters. The van der Waals surface area contributed by atoms with Crippen LogP contribution in [-0.4, -0.2) is 14.5 Å². The Morgan fingerprint density at radius 2 is 1.05 bits per heavy atom. The molecule has 0 saturated carbocycles. The van der Waals surface area contributed by atoms with Crippen LogP contribution in [0.4, 0.5) is 0 Å². The van der Waals surface area contributed by atoms with E-state index in [1.807, 2.05) is 54.6 Å². The third-order valence-corrected chi connectivity index (χ3v) is 10.6. The maximum Gasteiger partial charge on any atom is 0.160 e. The van der Waals surface area contributed by atoms with Gasteiger partial charge in [-0.2, -0.15) is 0 Å². The van der Waals surface area contributed by atoms with Crippen molar-refractivity contribution in [2.75, 3.05) is 0 Å². The summed E-state index contributed by atoms with van der Waals surface area (Å²) in [4.78, 5) is 9.38. The van der Waals surface area contributed by atoms with Crippen LogP contribution in [0.3, 0.4) is 0 Å². The molecule has 0 fully saturated rings. The fourth-order valence-corrected chi connectivity index (χ4v) is 8.17. The van der Waals surface area contributed by atoms with Gasteiger partial charge in [0.25, 0.3) is 0 Å². The van der Waals surface area contributed by atoms with E-state index in [9.17, 15) is 0 Å². The van der Waals surface area contributed by atoms with Gasteiger partial charge in [0, 0.05) is 60.8 Å². The van der Waals surface area contributed by atoms with E-state index >= 15 is 0 Å². The van der Waals surface area contributed by atoms with Gasteiger partial charge in [-0.25, -0.2) is 9.97 Å². The lowest BCUT2D eigenvalue weighted by Gasteiger charge is -2.10. The number of benzene rings is 8. The maximum atomic E-state index is 8.81. The smallest absolute Gasteiger partial charge is 0.160 e. The number of aromatic nitrogens is 3. The molecule has 0 aliphatic carbocycles. The number of rotatable bonds is 5. The Kier molecular flexibility index (Phi) is 5.05. The average molecular weight is 740 g/mol. The monoisotopic (exact) mass is 739 g/mol. The molecule has 0 spiro atoms. The molecule has 0 radical (unpaired) electrons. The third kappa shape index (κ3) is 4.96. The van der Waals surface area contributed by atoms with Gasteiger partial charge in [-0.05, 0) is 65.7 Å². The fourth-order valence-electron chi connectivity index (χ4n) is 8.17. The molecule has 0 N–H and O–H groups in total. The predicted molar refractivity (Wildman–Crippen MR) is 233 cm³/mol. The summed E-state index contributed by atoms with van der Waals surface area (Å²) in [5.41, 5.74) is 7.50. The Morgan fingerprint density at radius 3 is 1.79 bits per heavy atom. The van der Waals surface area contributed by atoms with E-state index in [1.165, 1.54) is 16.8 Å². The van der Waals surface area contributed by atoms with Crippen LogP contribution in [0, 0.1) is 0 Å². The Bertz CT molecular complexity index is 3940. The number of nitrogens with zero attached hydrogens (tertiary/aromatic N) is 3. The number of hydrogen-bond acceptors (Lipinski definition) is 4. The van der Waals surface area contributed by atoms with Crippen LogP contribution in [0.5, 0.6) is 0 Å². The highest BCUT2D eigenvalue weighted by Gasteiger charge is 2.20. The van der Waals surface area contributed by atoms with Gasteiger partial charge in [0.2, 0.25) is 0 Å². The maximum absolute atomic E-state index is 8.81. The van der Waals surface area contributed by atoms with E-state index in [1.54, 1.807) is 12.1 Å². The molecule has 0 bridgehead atoms. The molecule has 0 saturated heterocycles. The lowest BCUT2D eigenvalue weighted by Crippen LogP contribution is -1.96. The number of furan rings is 2. The van der Waals surface area contributed by atoms with Crippen molar-refractivity contribution in [3.63, 3.8) is 0 Å². The zero-order valence-electron chi connectivity index (χ0n) is 39.8. The van der Waals surface area contributed by atoms with E-state index in [-0.39, 0.29) is 28.3 Å². The zero-order chi connectivity index (χ0) is 46.2. The highest BCUT2D eigenvalue weighted by molar-refractivity contribution is 6.17. The Morgan fingerprint density at radius 1 is 0.421 bits per heavy atom. The summed E-state index contributed by atoms with van der Waals surface area (Å²) in [5.74, 6) is -0.290. The van der Waals surface area contributed by atoms with Gasteiger partial charge >= 0.3 is 0 Å². The molecule has 0 atom stereocenters. The van der Waals surface area contributed by atoms with Crippen molar-refractivity contribution in [2.45, 2.75) is 0 Å². The molecule has 5 heteroatoms. The standard InChI is InChI=1S/C52H31N3O2/c1-3-13-32(14-4-1)42-31-43(54-52(53-42)33-15-5-2-6-16-33)39-20-12-24-48-51(39)41-29-34(25-28-46(41)56-48)36-19-11-23-47-50(36)40-27-26-35(30-49(40)57-47)55-44-21-9-7-17-37(44)38-18-8-10-22-45(38)55/h1-31H/i1D,2D,3D,4D,5D,6D,13D,14D,15D,16D. The van der Waals surface area contributed by atoms with Crippen LogP contribution in [-0.2, 0) is 0 Å². The summed E-state index contributed by atoms with van der Waals surface area (Å²) >= 11 is 0. The van der Waals surface area contributed by atoms with Gasteiger partial charge in [-0.15, -0.1) is 0 Å². The molecule has 0 aliphatic rings. The van der Waals surface area contributed by atoms with Crippen molar-refractivity contribution in [1.29, 1.82) is 0 Å². The number of para-hydroxylation sites is 2. The van der Waals surface area contributed by atoms with E-state index in [4.69, 9.17) is 27.5 Å². The topological polar surface area (TPSA) is 57.0 Å². The number of hydrogen-bond donors (Lipinski definition) is 0. The first-order valence-corrected chi connectivity index (χ1v) is 18.3. The highest BCUT2D eigenvalue weighted by Crippen LogP contribution is 2.43. The van der Waals surface area contributed by atoms with Crippen molar-refractivity contribution in [3.05, 3.63) is 188 Å². The van der Waals surface area contributed by atoms with Crippen molar-refractivity contribution >= 4 is 65.7 Å². The van der Waals surface area contributed by atoms with Crippen molar-refractivity contribution in [3.8, 4) is 50.7 Å². The molecular formula is C52H31N3O2. The van der Waals surface area contributed by atoms with Crippen LogP contribution < -0.4 is 0 Å². The van der Waals surface area contributed by atoms with E-state index in [0.717, 1.165) is 44.2 Å². The minimum atomic E-state index is -0.603. The fraction of sp³-hybridized carbons (Fsp3) is 0. The molecule has 266 valence electrons. The molecule has 57 heavy (non-hydrogen) atoms. The summed E-state index contributed by atoms with van der Waals surface area (Å²) < 4.78 is 101. The quantitative estimate of drug-likeness (QED) is 0.176. The van der Waals surface area contributed by atoms with Gasteiger partial charge < -0.3 is 13.4 Å². The Labute approximate surface area is 340 Å². The van der Waals surface area contributed by atoms with Crippen molar-refractivity contribution in [2.24, 2.45) is 0 Å². The van der Waals surface area contributed by atoms with Crippen LogP contribution >= 0.6 is 0 Å². The SMILES string of the molecule is [2H]c1c([2H])c([2H])c(-c2cc(-c3cccc4oc5ccc(-c6cccc7oc8cc(-n9c%10ccccc%10c%10ccccc%109)ccc8c67)cc5c34)nc(-c3c([2H])c([2H])c([2H])c([2H])c3[2H])n2)c([2H])c1[2H].